The Morgan fingerprint density at radius 1 is 1.19 bits per heavy atom. The van der Waals surface area contributed by atoms with Crippen LogP contribution in [0.15, 0.2) is 30.3 Å². The number of nitriles is 1. The first-order chi connectivity index (χ1) is 9.92. The number of aryl methyl sites for hydroxylation is 1. The van der Waals surface area contributed by atoms with Crippen molar-refractivity contribution in [3.8, 4) is 17.6 Å². The largest absolute Gasteiger partial charge is 0.455 e. The molecular weight excluding hydrogens is 284 g/mol. The van der Waals surface area contributed by atoms with E-state index in [1.54, 1.807) is 18.2 Å². The Bertz CT molecular complexity index is 717. The van der Waals surface area contributed by atoms with Crippen molar-refractivity contribution in [3.05, 3.63) is 52.0 Å². The SMILES string of the molecule is Cc1cc(Cl)c(C(C)C)cc1Oc1cc(C#N)ccc1N. The Balaban J connectivity index is 2.45. The molecule has 0 aliphatic heterocycles. The molecule has 0 radical (unpaired) electrons. The lowest BCUT2D eigenvalue weighted by Crippen LogP contribution is -1.97. The summed E-state index contributed by atoms with van der Waals surface area (Å²) >= 11 is 6.26. The molecular formula is C17H17ClN2O. The van der Waals surface area contributed by atoms with E-state index in [9.17, 15) is 0 Å². The molecule has 0 aliphatic rings. The van der Waals surface area contributed by atoms with E-state index < -0.39 is 0 Å². The van der Waals surface area contributed by atoms with Crippen molar-refractivity contribution in [1.29, 1.82) is 5.26 Å². The molecule has 0 spiro atoms. The summed E-state index contributed by atoms with van der Waals surface area (Å²) in [6.45, 7) is 6.08. The Morgan fingerprint density at radius 2 is 1.90 bits per heavy atom. The minimum atomic E-state index is 0.295. The van der Waals surface area contributed by atoms with Gasteiger partial charge in [-0.15, -0.1) is 0 Å². The van der Waals surface area contributed by atoms with Crippen LogP contribution in [0.25, 0.3) is 0 Å². The van der Waals surface area contributed by atoms with E-state index in [1.165, 1.54) is 0 Å². The van der Waals surface area contributed by atoms with Crippen LogP contribution < -0.4 is 10.5 Å². The van der Waals surface area contributed by atoms with Crippen LogP contribution in [0, 0.1) is 18.3 Å². The highest BCUT2D eigenvalue weighted by molar-refractivity contribution is 6.31. The van der Waals surface area contributed by atoms with Gasteiger partial charge < -0.3 is 10.5 Å². The minimum Gasteiger partial charge on any atom is -0.455 e. The molecule has 0 aromatic heterocycles. The van der Waals surface area contributed by atoms with Crippen LogP contribution in [0.5, 0.6) is 11.5 Å². The number of hydrogen-bond acceptors (Lipinski definition) is 3. The van der Waals surface area contributed by atoms with Crippen molar-refractivity contribution in [1.82, 2.24) is 0 Å². The zero-order chi connectivity index (χ0) is 15.6. The van der Waals surface area contributed by atoms with E-state index in [0.717, 1.165) is 16.1 Å². The maximum Gasteiger partial charge on any atom is 0.151 e. The summed E-state index contributed by atoms with van der Waals surface area (Å²) in [4.78, 5) is 0. The maximum atomic E-state index is 8.96. The summed E-state index contributed by atoms with van der Waals surface area (Å²) in [5.74, 6) is 1.47. The summed E-state index contributed by atoms with van der Waals surface area (Å²) in [6, 6.07) is 10.9. The average molecular weight is 301 g/mol. The molecule has 2 aromatic carbocycles. The van der Waals surface area contributed by atoms with E-state index in [4.69, 9.17) is 27.3 Å². The fraction of sp³-hybridized carbons (Fsp3) is 0.235. The molecule has 0 saturated carbocycles. The quantitative estimate of drug-likeness (QED) is 0.810. The molecule has 0 saturated heterocycles. The molecule has 0 aliphatic carbocycles. The fourth-order valence-electron chi connectivity index (χ4n) is 2.03. The monoisotopic (exact) mass is 300 g/mol. The summed E-state index contributed by atoms with van der Waals surface area (Å²) in [5.41, 5.74) is 8.86. The number of anilines is 1. The number of rotatable bonds is 3. The van der Waals surface area contributed by atoms with Crippen LogP contribution in [0.2, 0.25) is 5.02 Å². The first kappa shape index (κ1) is 15.2. The lowest BCUT2D eigenvalue weighted by molar-refractivity contribution is 0.480. The Hall–Kier alpha value is -2.18. The number of halogens is 1. The van der Waals surface area contributed by atoms with Gasteiger partial charge in [-0.25, -0.2) is 0 Å². The molecule has 0 fully saturated rings. The zero-order valence-electron chi connectivity index (χ0n) is 12.3. The number of ether oxygens (including phenoxy) is 1. The van der Waals surface area contributed by atoms with Gasteiger partial charge in [0, 0.05) is 11.1 Å². The van der Waals surface area contributed by atoms with E-state index in [2.05, 4.69) is 19.9 Å². The molecule has 0 unspecified atom stereocenters. The van der Waals surface area contributed by atoms with Crippen LogP contribution in [0.3, 0.4) is 0 Å². The minimum absolute atomic E-state index is 0.295. The topological polar surface area (TPSA) is 59.0 Å². The molecule has 0 amide bonds. The molecule has 21 heavy (non-hydrogen) atoms. The standard InChI is InChI=1S/C17H17ClN2O/c1-10(2)13-8-16(11(3)6-14(13)18)21-17-7-12(9-19)4-5-15(17)20/h4-8,10H,20H2,1-3H3. The average Bonchev–Trinajstić information content (AvgIpc) is 2.43. The second-order valence-corrected chi connectivity index (χ2v) is 5.67. The second kappa shape index (κ2) is 6.07. The molecule has 4 heteroatoms. The van der Waals surface area contributed by atoms with Crippen molar-refractivity contribution in [2.45, 2.75) is 26.7 Å². The Labute approximate surface area is 129 Å². The van der Waals surface area contributed by atoms with Crippen LogP contribution in [0.1, 0.15) is 36.5 Å². The smallest absolute Gasteiger partial charge is 0.151 e. The number of nitrogens with two attached hydrogens (primary N) is 1. The lowest BCUT2D eigenvalue weighted by Gasteiger charge is -2.15. The van der Waals surface area contributed by atoms with E-state index in [-0.39, 0.29) is 0 Å². The highest BCUT2D eigenvalue weighted by Gasteiger charge is 2.12. The van der Waals surface area contributed by atoms with E-state index in [1.807, 2.05) is 19.1 Å². The van der Waals surface area contributed by atoms with Gasteiger partial charge in [0.2, 0.25) is 0 Å². The predicted molar refractivity (Wildman–Crippen MR) is 85.9 cm³/mol. The van der Waals surface area contributed by atoms with Crippen LogP contribution in [0.4, 0.5) is 5.69 Å². The molecule has 2 rings (SSSR count). The highest BCUT2D eigenvalue weighted by Crippen LogP contribution is 2.35. The van der Waals surface area contributed by atoms with Gasteiger partial charge in [-0.05, 0) is 48.2 Å². The van der Waals surface area contributed by atoms with Crippen LogP contribution in [-0.4, -0.2) is 0 Å². The first-order valence-electron chi connectivity index (χ1n) is 6.70. The number of nitrogen functional groups attached to an aromatic ring is 1. The van der Waals surface area contributed by atoms with Gasteiger partial charge >= 0.3 is 0 Å². The molecule has 3 nitrogen and oxygen atoms in total. The third-order valence-electron chi connectivity index (χ3n) is 3.28. The van der Waals surface area contributed by atoms with Gasteiger partial charge in [0.25, 0.3) is 0 Å². The molecule has 0 bridgehead atoms. The van der Waals surface area contributed by atoms with Gasteiger partial charge in [-0.2, -0.15) is 5.26 Å². The van der Waals surface area contributed by atoms with Gasteiger partial charge in [-0.1, -0.05) is 25.4 Å². The van der Waals surface area contributed by atoms with Gasteiger partial charge in [0.15, 0.2) is 5.75 Å². The molecule has 2 aromatic rings. The number of hydrogen-bond donors (Lipinski definition) is 1. The van der Waals surface area contributed by atoms with Crippen molar-refractivity contribution in [2.24, 2.45) is 0 Å². The summed E-state index contributed by atoms with van der Waals surface area (Å²) in [6.07, 6.45) is 0. The van der Waals surface area contributed by atoms with Gasteiger partial charge in [-0.3, -0.25) is 0 Å². The number of nitrogens with zero attached hydrogens (tertiary/aromatic N) is 1. The predicted octanol–water partition coefficient (Wildman–Crippen LogP) is 5.02. The lowest BCUT2D eigenvalue weighted by atomic mass is 10.0. The molecule has 0 heterocycles. The van der Waals surface area contributed by atoms with E-state index >= 15 is 0 Å². The summed E-state index contributed by atoms with van der Waals surface area (Å²) in [5, 5.41) is 9.69. The van der Waals surface area contributed by atoms with Crippen molar-refractivity contribution >= 4 is 17.3 Å². The number of benzene rings is 2. The van der Waals surface area contributed by atoms with E-state index in [0.29, 0.717) is 28.7 Å². The zero-order valence-corrected chi connectivity index (χ0v) is 13.0. The van der Waals surface area contributed by atoms with Crippen molar-refractivity contribution in [2.75, 3.05) is 5.73 Å². The van der Waals surface area contributed by atoms with Crippen LogP contribution in [-0.2, 0) is 0 Å². The third kappa shape index (κ3) is 3.29. The van der Waals surface area contributed by atoms with Crippen LogP contribution >= 0.6 is 11.6 Å². The van der Waals surface area contributed by atoms with Crippen molar-refractivity contribution < 1.29 is 4.74 Å². The Morgan fingerprint density at radius 3 is 2.52 bits per heavy atom. The normalized spacial score (nSPS) is 10.5. The maximum absolute atomic E-state index is 8.96. The first-order valence-corrected chi connectivity index (χ1v) is 7.07. The summed E-state index contributed by atoms with van der Waals surface area (Å²) in [7, 11) is 0. The third-order valence-corrected chi connectivity index (χ3v) is 3.61. The second-order valence-electron chi connectivity index (χ2n) is 5.26. The van der Waals surface area contributed by atoms with Gasteiger partial charge in [0.05, 0.1) is 17.3 Å². The Kier molecular flexibility index (Phi) is 4.40. The fourth-order valence-corrected chi connectivity index (χ4v) is 2.47. The van der Waals surface area contributed by atoms with Gasteiger partial charge in [0.1, 0.15) is 5.75 Å². The summed E-state index contributed by atoms with van der Waals surface area (Å²) < 4.78 is 5.89. The molecule has 108 valence electrons. The highest BCUT2D eigenvalue weighted by atomic mass is 35.5. The van der Waals surface area contributed by atoms with Crippen molar-refractivity contribution in [3.63, 3.8) is 0 Å². The molecule has 2 N–H and O–H groups in total. The molecule has 0 atom stereocenters.